The molecule has 0 heterocycles. The van der Waals surface area contributed by atoms with Gasteiger partial charge in [0.2, 0.25) is 5.78 Å². The molecular formula is C11H10N4O8. The zero-order valence-electron chi connectivity index (χ0n) is 11.3. The van der Waals surface area contributed by atoms with Gasteiger partial charge < -0.3 is 5.11 Å². The third-order valence-corrected chi connectivity index (χ3v) is 2.52. The van der Waals surface area contributed by atoms with Crippen LogP contribution in [0.2, 0.25) is 0 Å². The number of hydrogen-bond acceptors (Lipinski definition) is 8. The molecule has 0 unspecified atom stereocenters. The number of rotatable bonds is 8. The Balaban J connectivity index is 2.79. The molecule has 3 N–H and O–H groups in total. The minimum Gasteiger partial charge on any atom is -0.481 e. The van der Waals surface area contributed by atoms with Gasteiger partial charge in [-0.25, -0.2) is 0 Å². The van der Waals surface area contributed by atoms with Crippen molar-refractivity contribution in [3.8, 4) is 0 Å². The van der Waals surface area contributed by atoms with Crippen LogP contribution in [0.25, 0.3) is 0 Å². The summed E-state index contributed by atoms with van der Waals surface area (Å²) in [6.45, 7) is 0. The Labute approximate surface area is 127 Å². The van der Waals surface area contributed by atoms with E-state index in [0.717, 1.165) is 12.1 Å². The zero-order chi connectivity index (χ0) is 17.6. The highest BCUT2D eigenvalue weighted by Crippen LogP contribution is 2.28. The molecule has 1 rings (SSSR count). The van der Waals surface area contributed by atoms with Crippen molar-refractivity contribution in [2.24, 2.45) is 0 Å². The molecule has 12 heteroatoms. The molecule has 1 aromatic carbocycles. The van der Waals surface area contributed by atoms with Crippen LogP contribution < -0.4 is 10.9 Å². The number of hydrazine groups is 1. The Kier molecular flexibility index (Phi) is 5.66. The van der Waals surface area contributed by atoms with Crippen molar-refractivity contribution in [1.29, 1.82) is 0 Å². The van der Waals surface area contributed by atoms with E-state index < -0.39 is 51.7 Å². The van der Waals surface area contributed by atoms with Gasteiger partial charge in [0, 0.05) is 12.5 Å². The van der Waals surface area contributed by atoms with E-state index in [9.17, 15) is 34.6 Å². The molecule has 0 spiro atoms. The molecular weight excluding hydrogens is 316 g/mol. The molecule has 0 aliphatic carbocycles. The van der Waals surface area contributed by atoms with Gasteiger partial charge in [0.05, 0.1) is 22.3 Å². The molecule has 0 aliphatic heterocycles. The quantitative estimate of drug-likeness (QED) is 0.345. The van der Waals surface area contributed by atoms with E-state index in [-0.39, 0.29) is 5.69 Å². The molecule has 0 saturated heterocycles. The van der Waals surface area contributed by atoms with Crippen LogP contribution >= 0.6 is 0 Å². The van der Waals surface area contributed by atoms with Crippen LogP contribution in [0, 0.1) is 20.2 Å². The number of nitro benzene ring substituents is 2. The predicted molar refractivity (Wildman–Crippen MR) is 73.4 cm³/mol. The first kappa shape index (κ1) is 17.5. The molecule has 23 heavy (non-hydrogen) atoms. The van der Waals surface area contributed by atoms with Crippen LogP contribution in [0.1, 0.15) is 12.8 Å². The Morgan fingerprint density at radius 1 is 1.09 bits per heavy atom. The second-order valence-corrected chi connectivity index (χ2v) is 4.11. The van der Waals surface area contributed by atoms with Gasteiger partial charge >= 0.3 is 17.6 Å². The number of carbonyl (C=O) groups is 3. The van der Waals surface area contributed by atoms with E-state index in [4.69, 9.17) is 5.11 Å². The first-order valence-electron chi connectivity index (χ1n) is 5.96. The number of anilines is 1. The number of carbonyl (C=O) groups excluding carboxylic acids is 2. The molecule has 0 radical (unpaired) electrons. The average molecular weight is 326 g/mol. The van der Waals surface area contributed by atoms with E-state index >= 15 is 0 Å². The lowest BCUT2D eigenvalue weighted by atomic mass is 10.2. The van der Waals surface area contributed by atoms with Crippen molar-refractivity contribution < 1.29 is 29.3 Å². The van der Waals surface area contributed by atoms with Gasteiger partial charge in [-0.1, -0.05) is 0 Å². The summed E-state index contributed by atoms with van der Waals surface area (Å²) in [5.74, 6) is -3.49. The molecule has 12 nitrogen and oxygen atoms in total. The third kappa shape index (κ3) is 5.04. The summed E-state index contributed by atoms with van der Waals surface area (Å²) in [7, 11) is 0. The molecule has 0 aromatic heterocycles. The SMILES string of the molecule is O=C(O)CCC(=O)C(=O)NNc1ccc([N+](=O)[O-])cc1[N+](=O)[O-]. The normalized spacial score (nSPS) is 9.74. The van der Waals surface area contributed by atoms with Gasteiger partial charge in [-0.2, -0.15) is 0 Å². The van der Waals surface area contributed by atoms with E-state index in [1.165, 1.54) is 0 Å². The molecule has 1 aromatic rings. The van der Waals surface area contributed by atoms with E-state index in [0.29, 0.717) is 6.07 Å². The van der Waals surface area contributed by atoms with Crippen LogP contribution in [0.5, 0.6) is 0 Å². The second kappa shape index (κ2) is 7.44. The summed E-state index contributed by atoms with van der Waals surface area (Å²) in [4.78, 5) is 52.6. The number of nitrogens with one attached hydrogen (secondary N) is 2. The average Bonchev–Trinajstić information content (AvgIpc) is 2.49. The van der Waals surface area contributed by atoms with Crippen molar-refractivity contribution in [3.63, 3.8) is 0 Å². The first-order chi connectivity index (χ1) is 10.7. The van der Waals surface area contributed by atoms with Crippen LogP contribution in [-0.2, 0) is 14.4 Å². The highest BCUT2D eigenvalue weighted by molar-refractivity contribution is 6.36. The maximum Gasteiger partial charge on any atom is 0.305 e. The largest absolute Gasteiger partial charge is 0.481 e. The molecule has 122 valence electrons. The number of aliphatic carboxylic acids is 1. The number of non-ortho nitro benzene ring substituents is 1. The van der Waals surface area contributed by atoms with Crippen molar-refractivity contribution in [2.75, 3.05) is 5.43 Å². The van der Waals surface area contributed by atoms with Gasteiger partial charge in [0.25, 0.3) is 5.69 Å². The highest BCUT2D eigenvalue weighted by atomic mass is 16.6. The fraction of sp³-hybridized carbons (Fsp3) is 0.182. The number of Topliss-reactive ketones (excluding diaryl/α,β-unsaturated/α-hetero) is 1. The smallest absolute Gasteiger partial charge is 0.305 e. The Bertz CT molecular complexity index is 687. The first-order valence-corrected chi connectivity index (χ1v) is 5.96. The predicted octanol–water partition coefficient (Wildman–Crippen LogP) is 0.380. The van der Waals surface area contributed by atoms with Crippen molar-refractivity contribution in [2.45, 2.75) is 12.8 Å². The van der Waals surface area contributed by atoms with Crippen LogP contribution in [0.3, 0.4) is 0 Å². The summed E-state index contributed by atoms with van der Waals surface area (Å²) >= 11 is 0. The van der Waals surface area contributed by atoms with Crippen LogP contribution in [0.4, 0.5) is 17.1 Å². The van der Waals surface area contributed by atoms with Gasteiger partial charge in [-0.05, 0) is 6.07 Å². The van der Waals surface area contributed by atoms with E-state index in [1.807, 2.05) is 5.43 Å². The van der Waals surface area contributed by atoms with Gasteiger partial charge in [-0.15, -0.1) is 0 Å². The van der Waals surface area contributed by atoms with Crippen molar-refractivity contribution in [3.05, 3.63) is 38.4 Å². The number of hydrogen-bond donors (Lipinski definition) is 3. The van der Waals surface area contributed by atoms with Gasteiger partial charge in [0.1, 0.15) is 5.69 Å². The molecule has 0 aliphatic rings. The van der Waals surface area contributed by atoms with Crippen molar-refractivity contribution in [1.82, 2.24) is 5.43 Å². The number of amides is 1. The Hall–Kier alpha value is -3.57. The monoisotopic (exact) mass is 326 g/mol. The standard InChI is InChI=1S/C11H10N4O8/c16-9(3-4-10(17)18)11(19)13-12-7-2-1-6(14(20)21)5-8(7)15(22)23/h1-2,5,12H,3-4H2,(H,13,19)(H,17,18). The summed E-state index contributed by atoms with van der Waals surface area (Å²) in [6, 6.07) is 2.63. The zero-order valence-corrected chi connectivity index (χ0v) is 11.3. The molecule has 0 saturated carbocycles. The minimum atomic E-state index is -1.26. The Morgan fingerprint density at radius 3 is 2.26 bits per heavy atom. The summed E-state index contributed by atoms with van der Waals surface area (Å²) in [5.41, 5.74) is 2.47. The number of benzene rings is 1. The maximum atomic E-state index is 11.4. The third-order valence-electron chi connectivity index (χ3n) is 2.52. The van der Waals surface area contributed by atoms with Crippen LogP contribution in [-0.4, -0.2) is 32.6 Å². The number of ketones is 1. The summed E-state index contributed by atoms with van der Waals surface area (Å²) in [6.07, 6.45) is -1.07. The second-order valence-electron chi connectivity index (χ2n) is 4.11. The molecule has 0 atom stereocenters. The maximum absolute atomic E-state index is 11.4. The number of nitro groups is 2. The van der Waals surface area contributed by atoms with Gasteiger partial charge in [-0.3, -0.25) is 45.5 Å². The lowest BCUT2D eigenvalue weighted by Gasteiger charge is -2.08. The summed E-state index contributed by atoms with van der Waals surface area (Å²) < 4.78 is 0. The molecule has 0 fully saturated rings. The number of carboxylic acid groups (broad SMARTS) is 1. The van der Waals surface area contributed by atoms with Crippen LogP contribution in [0.15, 0.2) is 18.2 Å². The Morgan fingerprint density at radius 2 is 1.74 bits per heavy atom. The number of nitrogens with zero attached hydrogens (tertiary/aromatic N) is 2. The lowest BCUT2D eigenvalue weighted by Crippen LogP contribution is -2.35. The highest BCUT2D eigenvalue weighted by Gasteiger charge is 2.21. The topological polar surface area (TPSA) is 182 Å². The van der Waals surface area contributed by atoms with E-state index in [1.54, 1.807) is 0 Å². The van der Waals surface area contributed by atoms with Crippen molar-refractivity contribution >= 4 is 34.7 Å². The molecule has 1 amide bonds. The van der Waals surface area contributed by atoms with E-state index in [2.05, 4.69) is 5.43 Å². The lowest BCUT2D eigenvalue weighted by molar-refractivity contribution is -0.393. The number of carboxylic acids is 1. The fourth-order valence-electron chi connectivity index (χ4n) is 1.42. The minimum absolute atomic E-state index is 0.278. The van der Waals surface area contributed by atoms with Gasteiger partial charge in [0.15, 0.2) is 0 Å². The fourth-order valence-corrected chi connectivity index (χ4v) is 1.42. The summed E-state index contributed by atoms with van der Waals surface area (Å²) in [5, 5.41) is 29.8. The molecule has 0 bridgehead atoms.